The van der Waals surface area contributed by atoms with E-state index in [9.17, 15) is 0 Å². The highest BCUT2D eigenvalue weighted by molar-refractivity contribution is 9.10. The van der Waals surface area contributed by atoms with Crippen LogP contribution >= 0.6 is 15.9 Å². The molecule has 0 fully saturated rings. The summed E-state index contributed by atoms with van der Waals surface area (Å²) < 4.78 is 5.19. The van der Waals surface area contributed by atoms with E-state index in [1.54, 1.807) is 6.33 Å². The smallest absolute Gasteiger partial charge is 0.194 e. The normalized spacial score (nSPS) is 11.8. The predicted octanol–water partition coefficient (Wildman–Crippen LogP) is 2.00. The van der Waals surface area contributed by atoms with Crippen LogP contribution in [0, 0.1) is 0 Å². The third-order valence-corrected chi connectivity index (χ3v) is 4.01. The van der Waals surface area contributed by atoms with Crippen LogP contribution in [0.5, 0.6) is 0 Å². The van der Waals surface area contributed by atoms with E-state index in [-0.39, 0.29) is 0 Å². The van der Waals surface area contributed by atoms with Crippen LogP contribution < -0.4 is 5.32 Å². The molecule has 8 heteroatoms. The van der Waals surface area contributed by atoms with Crippen LogP contribution in [0.1, 0.15) is 25.4 Å². The molecule has 0 unspecified atom stereocenters. The molecule has 0 atom stereocenters. The minimum atomic E-state index is 0.511. The van der Waals surface area contributed by atoms with E-state index >= 15 is 0 Å². The number of halogens is 1. The van der Waals surface area contributed by atoms with E-state index in [0.29, 0.717) is 6.54 Å². The van der Waals surface area contributed by atoms with Gasteiger partial charge in [-0.1, -0.05) is 0 Å². The van der Waals surface area contributed by atoms with Gasteiger partial charge in [-0.2, -0.15) is 0 Å². The highest BCUT2D eigenvalue weighted by Crippen LogP contribution is 2.15. The zero-order valence-corrected chi connectivity index (χ0v) is 15.7. The third-order valence-electron chi connectivity index (χ3n) is 3.58. The summed E-state index contributed by atoms with van der Waals surface area (Å²) in [7, 11) is 4.08. The first-order chi connectivity index (χ1) is 11.0. The SMILES string of the molecule is CCNC(=NCc1nncn1CC)N(C)Cc1cc(Br)cn1C. The van der Waals surface area contributed by atoms with Crippen molar-refractivity contribution in [2.24, 2.45) is 12.0 Å². The van der Waals surface area contributed by atoms with Gasteiger partial charge in [-0.25, -0.2) is 4.99 Å². The van der Waals surface area contributed by atoms with Crippen molar-refractivity contribution in [3.8, 4) is 0 Å². The highest BCUT2D eigenvalue weighted by atomic mass is 79.9. The summed E-state index contributed by atoms with van der Waals surface area (Å²) in [6.45, 7) is 7.09. The molecule has 0 aromatic carbocycles. The van der Waals surface area contributed by atoms with Gasteiger partial charge in [0.1, 0.15) is 12.9 Å². The van der Waals surface area contributed by atoms with Crippen molar-refractivity contribution in [2.45, 2.75) is 33.5 Å². The van der Waals surface area contributed by atoms with E-state index in [4.69, 9.17) is 0 Å². The molecule has 2 aromatic heterocycles. The molecule has 126 valence electrons. The van der Waals surface area contributed by atoms with Crippen molar-refractivity contribution < 1.29 is 0 Å². The molecule has 7 nitrogen and oxygen atoms in total. The van der Waals surface area contributed by atoms with Crippen LogP contribution in [-0.2, 0) is 26.7 Å². The monoisotopic (exact) mass is 381 g/mol. The lowest BCUT2D eigenvalue weighted by Gasteiger charge is -2.22. The fourth-order valence-corrected chi connectivity index (χ4v) is 2.89. The van der Waals surface area contributed by atoms with E-state index < -0.39 is 0 Å². The Kier molecular flexibility index (Phi) is 6.20. The maximum atomic E-state index is 4.68. The van der Waals surface area contributed by atoms with Crippen LogP contribution in [0.15, 0.2) is 28.1 Å². The summed E-state index contributed by atoms with van der Waals surface area (Å²) in [5.74, 6) is 1.73. The molecule has 0 aliphatic carbocycles. The Morgan fingerprint density at radius 3 is 2.83 bits per heavy atom. The maximum absolute atomic E-state index is 4.68. The summed E-state index contributed by atoms with van der Waals surface area (Å²) in [5.41, 5.74) is 1.21. The van der Waals surface area contributed by atoms with Gasteiger partial charge in [0, 0.05) is 43.5 Å². The summed E-state index contributed by atoms with van der Waals surface area (Å²) in [4.78, 5) is 6.79. The molecule has 0 spiro atoms. The number of guanidine groups is 1. The molecule has 0 saturated carbocycles. The van der Waals surface area contributed by atoms with Crippen molar-refractivity contribution >= 4 is 21.9 Å². The Hall–Kier alpha value is -1.83. The Labute approximate surface area is 145 Å². The van der Waals surface area contributed by atoms with Gasteiger partial charge in [-0.15, -0.1) is 10.2 Å². The summed E-state index contributed by atoms with van der Waals surface area (Å²) >= 11 is 3.51. The molecule has 0 amide bonds. The lowest BCUT2D eigenvalue weighted by molar-refractivity contribution is 0.461. The number of nitrogens with one attached hydrogen (secondary N) is 1. The van der Waals surface area contributed by atoms with E-state index in [0.717, 1.165) is 35.9 Å². The second-order valence-electron chi connectivity index (χ2n) is 5.32. The molecule has 0 bridgehead atoms. The lowest BCUT2D eigenvalue weighted by atomic mass is 10.4. The number of rotatable bonds is 6. The number of aromatic nitrogens is 4. The van der Waals surface area contributed by atoms with Gasteiger partial charge < -0.3 is 19.4 Å². The van der Waals surface area contributed by atoms with Gasteiger partial charge in [0.2, 0.25) is 0 Å². The molecule has 0 aliphatic rings. The average molecular weight is 382 g/mol. The highest BCUT2D eigenvalue weighted by Gasteiger charge is 2.10. The molecule has 0 aliphatic heterocycles. The molecule has 1 N–H and O–H groups in total. The minimum Gasteiger partial charge on any atom is -0.357 e. The second kappa shape index (κ2) is 8.14. The van der Waals surface area contributed by atoms with Gasteiger partial charge in [0.25, 0.3) is 0 Å². The molecule has 23 heavy (non-hydrogen) atoms. The molecule has 0 saturated heterocycles. The van der Waals surface area contributed by atoms with Crippen molar-refractivity contribution in [1.29, 1.82) is 0 Å². The molecule has 0 radical (unpaired) electrons. The number of aryl methyl sites for hydroxylation is 2. The largest absolute Gasteiger partial charge is 0.357 e. The van der Waals surface area contributed by atoms with Gasteiger partial charge in [0.05, 0.1) is 6.54 Å². The van der Waals surface area contributed by atoms with Gasteiger partial charge in [-0.05, 0) is 35.8 Å². The van der Waals surface area contributed by atoms with Crippen LogP contribution in [-0.4, -0.2) is 43.8 Å². The number of aliphatic imine (C=N–C) groups is 1. The van der Waals surface area contributed by atoms with Crippen molar-refractivity contribution in [3.63, 3.8) is 0 Å². The van der Waals surface area contributed by atoms with Gasteiger partial charge in [-0.3, -0.25) is 0 Å². The lowest BCUT2D eigenvalue weighted by Crippen LogP contribution is -2.38. The van der Waals surface area contributed by atoms with Crippen molar-refractivity contribution in [3.05, 3.63) is 34.6 Å². The first-order valence-corrected chi connectivity index (χ1v) is 8.51. The third kappa shape index (κ3) is 4.57. The van der Waals surface area contributed by atoms with E-state index in [1.165, 1.54) is 5.69 Å². The van der Waals surface area contributed by atoms with Crippen LogP contribution in [0.25, 0.3) is 0 Å². The van der Waals surface area contributed by atoms with Crippen LogP contribution in [0.3, 0.4) is 0 Å². The van der Waals surface area contributed by atoms with E-state index in [2.05, 4.69) is 72.0 Å². The summed E-state index contributed by atoms with van der Waals surface area (Å²) in [6, 6.07) is 2.12. The molecule has 2 aromatic rings. The zero-order valence-electron chi connectivity index (χ0n) is 14.1. The fourth-order valence-electron chi connectivity index (χ4n) is 2.32. The molecule has 2 heterocycles. The first kappa shape index (κ1) is 17.5. The quantitative estimate of drug-likeness (QED) is 0.613. The topological polar surface area (TPSA) is 63.3 Å². The first-order valence-electron chi connectivity index (χ1n) is 7.72. The van der Waals surface area contributed by atoms with Gasteiger partial charge >= 0.3 is 0 Å². The standard InChI is InChI=1S/C15H24BrN7/c1-5-17-15(18-8-14-20-19-11-23(14)6-2)22(4)10-13-7-12(16)9-21(13)3/h7,9,11H,5-6,8,10H2,1-4H3,(H,17,18). The fraction of sp³-hybridized carbons (Fsp3) is 0.533. The second-order valence-corrected chi connectivity index (χ2v) is 6.24. The molecular weight excluding hydrogens is 358 g/mol. The number of hydrogen-bond acceptors (Lipinski definition) is 3. The summed E-state index contributed by atoms with van der Waals surface area (Å²) in [5, 5.41) is 11.4. The Morgan fingerprint density at radius 1 is 1.43 bits per heavy atom. The number of nitrogens with zero attached hydrogens (tertiary/aromatic N) is 6. The number of hydrogen-bond donors (Lipinski definition) is 1. The molecular formula is C15H24BrN7. The minimum absolute atomic E-state index is 0.511. The zero-order chi connectivity index (χ0) is 16.8. The average Bonchev–Trinajstić information content (AvgIpc) is 3.09. The Morgan fingerprint density at radius 2 is 2.22 bits per heavy atom. The van der Waals surface area contributed by atoms with Crippen molar-refractivity contribution in [2.75, 3.05) is 13.6 Å². The van der Waals surface area contributed by atoms with Crippen LogP contribution in [0.4, 0.5) is 0 Å². The van der Waals surface area contributed by atoms with Crippen LogP contribution in [0.2, 0.25) is 0 Å². The Balaban J connectivity index is 2.10. The van der Waals surface area contributed by atoms with Crippen molar-refractivity contribution in [1.82, 2.24) is 29.5 Å². The van der Waals surface area contributed by atoms with Gasteiger partial charge in [0.15, 0.2) is 11.8 Å². The predicted molar refractivity (Wildman–Crippen MR) is 95.1 cm³/mol. The van der Waals surface area contributed by atoms with E-state index in [1.807, 2.05) is 18.7 Å². The maximum Gasteiger partial charge on any atom is 0.194 e. The summed E-state index contributed by atoms with van der Waals surface area (Å²) in [6.07, 6.45) is 3.79. The molecule has 2 rings (SSSR count). The Bertz CT molecular complexity index is 659.